The zero-order valence-electron chi connectivity index (χ0n) is 10.1. The molecule has 5 heteroatoms. The molecule has 0 spiro atoms. The van der Waals surface area contributed by atoms with Crippen molar-refractivity contribution in [1.82, 2.24) is 5.43 Å². The van der Waals surface area contributed by atoms with E-state index in [1.54, 1.807) is 12.1 Å². The highest BCUT2D eigenvalue weighted by atomic mass is 35.5. The average molecular weight is 297 g/mol. The van der Waals surface area contributed by atoms with Crippen molar-refractivity contribution in [3.63, 3.8) is 0 Å². The molecule has 3 N–H and O–H groups in total. The Kier molecular flexibility index (Phi) is 5.05. The number of halogens is 2. The second-order valence-corrected chi connectivity index (χ2v) is 4.91. The molecule has 3 nitrogen and oxygen atoms in total. The molecule has 1 atom stereocenters. The van der Waals surface area contributed by atoms with Gasteiger partial charge in [-0.3, -0.25) is 5.84 Å². The van der Waals surface area contributed by atoms with Gasteiger partial charge in [0.2, 0.25) is 0 Å². The van der Waals surface area contributed by atoms with Crippen molar-refractivity contribution in [2.24, 2.45) is 5.84 Å². The minimum absolute atomic E-state index is 0.104. The van der Waals surface area contributed by atoms with Crippen molar-refractivity contribution in [2.45, 2.75) is 6.04 Å². The van der Waals surface area contributed by atoms with E-state index in [1.165, 1.54) is 0 Å². The number of rotatable bonds is 5. The molecule has 2 aromatic rings. The quantitative estimate of drug-likeness (QED) is 0.655. The van der Waals surface area contributed by atoms with Crippen molar-refractivity contribution in [3.8, 4) is 5.75 Å². The van der Waals surface area contributed by atoms with Gasteiger partial charge in [-0.05, 0) is 42.0 Å². The van der Waals surface area contributed by atoms with Gasteiger partial charge in [0.25, 0.3) is 0 Å². The van der Waals surface area contributed by atoms with E-state index in [-0.39, 0.29) is 6.04 Å². The van der Waals surface area contributed by atoms with E-state index in [0.29, 0.717) is 16.7 Å². The number of hydrazine groups is 1. The van der Waals surface area contributed by atoms with E-state index in [1.807, 2.05) is 36.4 Å². The van der Waals surface area contributed by atoms with Crippen LogP contribution in [0.25, 0.3) is 0 Å². The van der Waals surface area contributed by atoms with Gasteiger partial charge < -0.3 is 4.74 Å². The molecule has 0 heterocycles. The summed E-state index contributed by atoms with van der Waals surface area (Å²) < 4.78 is 5.66. The van der Waals surface area contributed by atoms with Gasteiger partial charge in [0.1, 0.15) is 12.4 Å². The Morgan fingerprint density at radius 2 is 1.47 bits per heavy atom. The van der Waals surface area contributed by atoms with Crippen LogP contribution in [0.4, 0.5) is 0 Å². The average Bonchev–Trinajstić information content (AvgIpc) is 2.43. The lowest BCUT2D eigenvalue weighted by Gasteiger charge is -2.17. The third kappa shape index (κ3) is 4.11. The summed E-state index contributed by atoms with van der Waals surface area (Å²) in [6, 6.07) is 14.6. The Balaban J connectivity index is 1.99. The molecule has 0 saturated heterocycles. The molecule has 1 unspecified atom stereocenters. The molecule has 0 aliphatic heterocycles. The Morgan fingerprint density at radius 1 is 0.947 bits per heavy atom. The highest BCUT2D eigenvalue weighted by molar-refractivity contribution is 6.30. The number of hydrogen-bond acceptors (Lipinski definition) is 3. The van der Waals surface area contributed by atoms with Crippen LogP contribution in [0.2, 0.25) is 10.0 Å². The number of benzene rings is 2. The predicted octanol–water partition coefficient (Wildman–Crippen LogP) is 3.58. The summed E-state index contributed by atoms with van der Waals surface area (Å²) in [5.41, 5.74) is 3.74. The van der Waals surface area contributed by atoms with E-state index in [9.17, 15) is 0 Å². The largest absolute Gasteiger partial charge is 0.492 e. The van der Waals surface area contributed by atoms with Gasteiger partial charge in [-0.25, -0.2) is 5.43 Å². The predicted molar refractivity (Wildman–Crippen MR) is 78.5 cm³/mol. The van der Waals surface area contributed by atoms with Gasteiger partial charge in [0.05, 0.1) is 6.04 Å². The maximum atomic E-state index is 5.85. The van der Waals surface area contributed by atoms with Crippen LogP contribution in [0, 0.1) is 0 Å². The number of nitrogens with two attached hydrogens (primary N) is 1. The third-order valence-corrected chi connectivity index (χ3v) is 3.21. The summed E-state index contributed by atoms with van der Waals surface area (Å²) in [5, 5.41) is 1.37. The zero-order chi connectivity index (χ0) is 13.7. The summed E-state index contributed by atoms with van der Waals surface area (Å²) in [6.07, 6.45) is 0. The maximum absolute atomic E-state index is 5.85. The van der Waals surface area contributed by atoms with Crippen LogP contribution in [-0.4, -0.2) is 6.61 Å². The van der Waals surface area contributed by atoms with Gasteiger partial charge in [0, 0.05) is 10.0 Å². The van der Waals surface area contributed by atoms with Gasteiger partial charge in [-0.2, -0.15) is 0 Å². The molecule has 2 aromatic carbocycles. The van der Waals surface area contributed by atoms with E-state index in [2.05, 4.69) is 5.43 Å². The van der Waals surface area contributed by atoms with Crippen molar-refractivity contribution in [3.05, 3.63) is 64.1 Å². The Labute approximate surface area is 122 Å². The molecule has 0 aliphatic rings. The first-order valence-electron chi connectivity index (χ1n) is 5.79. The van der Waals surface area contributed by atoms with Crippen LogP contribution < -0.4 is 16.0 Å². The van der Waals surface area contributed by atoms with Crippen LogP contribution in [0.5, 0.6) is 5.75 Å². The van der Waals surface area contributed by atoms with Crippen LogP contribution in [-0.2, 0) is 0 Å². The third-order valence-electron chi connectivity index (χ3n) is 2.70. The summed E-state index contributed by atoms with van der Waals surface area (Å²) >= 11 is 11.7. The summed E-state index contributed by atoms with van der Waals surface area (Å²) in [6.45, 7) is 0.416. The summed E-state index contributed by atoms with van der Waals surface area (Å²) in [4.78, 5) is 0. The Hall–Kier alpha value is -1.26. The van der Waals surface area contributed by atoms with E-state index in [4.69, 9.17) is 33.8 Å². The second-order valence-electron chi connectivity index (χ2n) is 4.04. The summed E-state index contributed by atoms with van der Waals surface area (Å²) in [5.74, 6) is 6.30. The van der Waals surface area contributed by atoms with E-state index < -0.39 is 0 Å². The SMILES string of the molecule is NNC(COc1ccc(Cl)cc1)c1ccc(Cl)cc1. The lowest BCUT2D eigenvalue weighted by atomic mass is 10.1. The van der Waals surface area contributed by atoms with Crippen LogP contribution >= 0.6 is 23.2 Å². The standard InChI is InChI=1S/C14H14Cl2N2O/c15-11-3-1-10(2-4-11)14(18-17)9-19-13-7-5-12(16)6-8-13/h1-8,14,18H,9,17H2. The van der Waals surface area contributed by atoms with E-state index >= 15 is 0 Å². The molecule has 100 valence electrons. The van der Waals surface area contributed by atoms with Crippen molar-refractivity contribution >= 4 is 23.2 Å². The second kappa shape index (κ2) is 6.78. The first kappa shape index (κ1) is 14.2. The summed E-state index contributed by atoms with van der Waals surface area (Å²) in [7, 11) is 0. The molecule has 0 aliphatic carbocycles. The van der Waals surface area contributed by atoms with Crippen LogP contribution in [0.3, 0.4) is 0 Å². The van der Waals surface area contributed by atoms with Crippen molar-refractivity contribution in [2.75, 3.05) is 6.61 Å². The fourth-order valence-electron chi connectivity index (χ4n) is 1.65. The van der Waals surface area contributed by atoms with Gasteiger partial charge in [0.15, 0.2) is 0 Å². The number of ether oxygens (including phenoxy) is 1. The van der Waals surface area contributed by atoms with Crippen LogP contribution in [0.1, 0.15) is 11.6 Å². The zero-order valence-corrected chi connectivity index (χ0v) is 11.7. The molecule has 0 saturated carbocycles. The fourth-order valence-corrected chi connectivity index (χ4v) is 1.90. The molecule has 0 aromatic heterocycles. The molecular weight excluding hydrogens is 283 g/mol. The maximum Gasteiger partial charge on any atom is 0.119 e. The minimum atomic E-state index is -0.104. The molecule has 19 heavy (non-hydrogen) atoms. The van der Waals surface area contributed by atoms with E-state index in [0.717, 1.165) is 11.3 Å². The molecule has 0 fully saturated rings. The Bertz CT molecular complexity index is 514. The molecule has 2 rings (SSSR count). The Morgan fingerprint density at radius 3 is 2.00 bits per heavy atom. The van der Waals surface area contributed by atoms with Gasteiger partial charge in [-0.15, -0.1) is 0 Å². The first-order valence-corrected chi connectivity index (χ1v) is 6.54. The fraction of sp³-hybridized carbons (Fsp3) is 0.143. The van der Waals surface area contributed by atoms with Crippen molar-refractivity contribution < 1.29 is 4.74 Å². The molecule has 0 amide bonds. The van der Waals surface area contributed by atoms with Gasteiger partial charge >= 0.3 is 0 Å². The normalized spacial score (nSPS) is 12.2. The molecule has 0 bridgehead atoms. The van der Waals surface area contributed by atoms with Gasteiger partial charge in [-0.1, -0.05) is 35.3 Å². The topological polar surface area (TPSA) is 47.3 Å². The minimum Gasteiger partial charge on any atom is -0.492 e. The number of hydrogen-bond donors (Lipinski definition) is 2. The smallest absolute Gasteiger partial charge is 0.119 e. The molecule has 0 radical (unpaired) electrons. The van der Waals surface area contributed by atoms with Crippen molar-refractivity contribution in [1.29, 1.82) is 0 Å². The van der Waals surface area contributed by atoms with Crippen LogP contribution in [0.15, 0.2) is 48.5 Å². The first-order chi connectivity index (χ1) is 9.19. The number of nitrogens with one attached hydrogen (secondary N) is 1. The molecular formula is C14H14Cl2N2O. The lowest BCUT2D eigenvalue weighted by molar-refractivity contribution is 0.267. The lowest BCUT2D eigenvalue weighted by Crippen LogP contribution is -2.32. The highest BCUT2D eigenvalue weighted by Crippen LogP contribution is 2.19. The highest BCUT2D eigenvalue weighted by Gasteiger charge is 2.10. The monoisotopic (exact) mass is 296 g/mol.